The lowest BCUT2D eigenvalue weighted by molar-refractivity contribution is 0.629. The predicted octanol–water partition coefficient (Wildman–Crippen LogP) is 3.61. The highest BCUT2D eigenvalue weighted by molar-refractivity contribution is 5.61. The second-order valence-corrected chi connectivity index (χ2v) is 5.89. The van der Waals surface area contributed by atoms with Crippen LogP contribution in [0.1, 0.15) is 20.8 Å². The molecular formula is C16H18N4. The third kappa shape index (κ3) is 2.50. The van der Waals surface area contributed by atoms with Crippen molar-refractivity contribution < 1.29 is 0 Å². The molecule has 0 aliphatic carbocycles. The van der Waals surface area contributed by atoms with E-state index >= 15 is 0 Å². The molecule has 20 heavy (non-hydrogen) atoms. The molecule has 1 N–H and O–H groups in total. The van der Waals surface area contributed by atoms with Crippen molar-refractivity contribution in [3.8, 4) is 11.3 Å². The SMILES string of the molecule is CC(C)(C)Nc1cnc2cnc(-c3ccccc3)cn12. The third-order valence-corrected chi connectivity index (χ3v) is 2.97. The van der Waals surface area contributed by atoms with Crippen molar-refractivity contribution in [3.05, 3.63) is 48.9 Å². The molecule has 0 amide bonds. The molecule has 0 bridgehead atoms. The Kier molecular flexibility index (Phi) is 2.93. The summed E-state index contributed by atoms with van der Waals surface area (Å²) in [6.45, 7) is 6.39. The van der Waals surface area contributed by atoms with Gasteiger partial charge in [0, 0.05) is 17.3 Å². The molecule has 0 unspecified atom stereocenters. The van der Waals surface area contributed by atoms with Crippen molar-refractivity contribution in [3.63, 3.8) is 0 Å². The van der Waals surface area contributed by atoms with Crippen LogP contribution in [0.5, 0.6) is 0 Å². The molecule has 102 valence electrons. The number of anilines is 1. The van der Waals surface area contributed by atoms with E-state index in [0.717, 1.165) is 22.7 Å². The summed E-state index contributed by atoms with van der Waals surface area (Å²) in [5, 5.41) is 3.46. The molecule has 0 fully saturated rings. The first-order chi connectivity index (χ1) is 9.53. The summed E-state index contributed by atoms with van der Waals surface area (Å²) in [6, 6.07) is 10.2. The average Bonchev–Trinajstić information content (AvgIpc) is 2.80. The van der Waals surface area contributed by atoms with Crippen molar-refractivity contribution in [2.75, 3.05) is 5.32 Å². The van der Waals surface area contributed by atoms with Crippen LogP contribution in [0.3, 0.4) is 0 Å². The Bertz CT molecular complexity index is 723. The second-order valence-electron chi connectivity index (χ2n) is 5.89. The Hall–Kier alpha value is -2.36. The lowest BCUT2D eigenvalue weighted by atomic mass is 10.1. The molecule has 0 aliphatic heterocycles. The molecule has 4 nitrogen and oxygen atoms in total. The van der Waals surface area contributed by atoms with E-state index in [-0.39, 0.29) is 5.54 Å². The summed E-state index contributed by atoms with van der Waals surface area (Å²) in [5.74, 6) is 0.979. The van der Waals surface area contributed by atoms with Crippen molar-refractivity contribution in [1.82, 2.24) is 14.4 Å². The molecule has 0 aliphatic rings. The maximum absolute atomic E-state index is 4.48. The average molecular weight is 266 g/mol. The topological polar surface area (TPSA) is 42.2 Å². The van der Waals surface area contributed by atoms with Crippen LogP contribution in [0.4, 0.5) is 5.82 Å². The molecule has 0 radical (unpaired) electrons. The van der Waals surface area contributed by atoms with Crippen molar-refractivity contribution in [1.29, 1.82) is 0 Å². The zero-order valence-electron chi connectivity index (χ0n) is 12.0. The minimum atomic E-state index is -0.00779. The lowest BCUT2D eigenvalue weighted by Crippen LogP contribution is -2.26. The van der Waals surface area contributed by atoms with E-state index in [0.29, 0.717) is 0 Å². The van der Waals surface area contributed by atoms with Crippen LogP contribution in [0.25, 0.3) is 16.9 Å². The molecule has 2 heterocycles. The summed E-state index contributed by atoms with van der Waals surface area (Å²) in [4.78, 5) is 8.85. The van der Waals surface area contributed by atoms with Gasteiger partial charge in [0.15, 0.2) is 5.65 Å². The van der Waals surface area contributed by atoms with E-state index in [1.54, 1.807) is 6.20 Å². The zero-order chi connectivity index (χ0) is 14.2. The number of nitrogens with one attached hydrogen (secondary N) is 1. The summed E-state index contributed by atoms with van der Waals surface area (Å²) < 4.78 is 2.04. The number of aromatic nitrogens is 3. The first-order valence-electron chi connectivity index (χ1n) is 6.70. The van der Waals surface area contributed by atoms with Gasteiger partial charge in [-0.15, -0.1) is 0 Å². The normalized spacial score (nSPS) is 11.8. The van der Waals surface area contributed by atoms with E-state index in [9.17, 15) is 0 Å². The Balaban J connectivity index is 2.08. The van der Waals surface area contributed by atoms with E-state index in [1.807, 2.05) is 35.0 Å². The van der Waals surface area contributed by atoms with Gasteiger partial charge in [0.1, 0.15) is 5.82 Å². The van der Waals surface area contributed by atoms with E-state index < -0.39 is 0 Å². The maximum Gasteiger partial charge on any atom is 0.156 e. The summed E-state index contributed by atoms with van der Waals surface area (Å²) in [7, 11) is 0. The Labute approximate surface area is 118 Å². The fourth-order valence-electron chi connectivity index (χ4n) is 2.12. The summed E-state index contributed by atoms with van der Waals surface area (Å²) >= 11 is 0. The molecule has 3 rings (SSSR count). The highest BCUT2D eigenvalue weighted by Crippen LogP contribution is 2.21. The van der Waals surface area contributed by atoms with Gasteiger partial charge in [-0.05, 0) is 20.8 Å². The number of rotatable bonds is 2. The van der Waals surface area contributed by atoms with Crippen LogP contribution >= 0.6 is 0 Å². The minimum Gasteiger partial charge on any atom is -0.365 e. The van der Waals surface area contributed by atoms with Crippen molar-refractivity contribution >= 4 is 11.5 Å². The monoisotopic (exact) mass is 266 g/mol. The summed E-state index contributed by atoms with van der Waals surface area (Å²) in [6.07, 6.45) is 5.67. The molecule has 0 atom stereocenters. The summed E-state index contributed by atoms with van der Waals surface area (Å²) in [5.41, 5.74) is 2.88. The van der Waals surface area contributed by atoms with E-state index in [2.05, 4.69) is 48.2 Å². The first kappa shape index (κ1) is 12.7. The van der Waals surface area contributed by atoms with Gasteiger partial charge >= 0.3 is 0 Å². The molecule has 2 aromatic heterocycles. The van der Waals surface area contributed by atoms with Crippen LogP contribution in [0.2, 0.25) is 0 Å². The fraction of sp³-hybridized carbons (Fsp3) is 0.250. The molecule has 0 saturated carbocycles. The van der Waals surface area contributed by atoms with Gasteiger partial charge in [0.05, 0.1) is 18.1 Å². The largest absolute Gasteiger partial charge is 0.365 e. The molecule has 0 spiro atoms. The highest BCUT2D eigenvalue weighted by Gasteiger charge is 2.13. The van der Waals surface area contributed by atoms with Gasteiger partial charge in [-0.1, -0.05) is 30.3 Å². The maximum atomic E-state index is 4.48. The Morgan fingerprint density at radius 1 is 1.00 bits per heavy atom. The molecular weight excluding hydrogens is 248 g/mol. The fourth-order valence-corrected chi connectivity index (χ4v) is 2.12. The van der Waals surface area contributed by atoms with Gasteiger partial charge in [-0.3, -0.25) is 9.38 Å². The van der Waals surface area contributed by atoms with Crippen LogP contribution in [0, 0.1) is 0 Å². The highest BCUT2D eigenvalue weighted by atomic mass is 15.2. The zero-order valence-corrected chi connectivity index (χ0v) is 12.0. The molecule has 0 saturated heterocycles. The van der Waals surface area contributed by atoms with Gasteiger partial charge in [0.25, 0.3) is 0 Å². The first-order valence-corrected chi connectivity index (χ1v) is 6.70. The number of fused-ring (bicyclic) bond motifs is 1. The van der Waals surface area contributed by atoms with Crippen molar-refractivity contribution in [2.45, 2.75) is 26.3 Å². The number of hydrogen-bond acceptors (Lipinski definition) is 3. The van der Waals surface area contributed by atoms with Crippen LogP contribution in [-0.4, -0.2) is 19.9 Å². The lowest BCUT2D eigenvalue weighted by Gasteiger charge is -2.21. The minimum absolute atomic E-state index is 0.00779. The second kappa shape index (κ2) is 4.63. The molecule has 4 heteroatoms. The van der Waals surface area contributed by atoms with Gasteiger partial charge in [-0.2, -0.15) is 0 Å². The van der Waals surface area contributed by atoms with Crippen LogP contribution in [0.15, 0.2) is 48.9 Å². The number of nitrogens with zero attached hydrogens (tertiary/aromatic N) is 3. The number of hydrogen-bond donors (Lipinski definition) is 1. The number of benzene rings is 1. The smallest absolute Gasteiger partial charge is 0.156 e. The van der Waals surface area contributed by atoms with Gasteiger partial charge in [-0.25, -0.2) is 4.98 Å². The van der Waals surface area contributed by atoms with Gasteiger partial charge in [0.2, 0.25) is 0 Å². The van der Waals surface area contributed by atoms with E-state index in [1.165, 1.54) is 0 Å². The van der Waals surface area contributed by atoms with Crippen molar-refractivity contribution in [2.24, 2.45) is 0 Å². The van der Waals surface area contributed by atoms with Crippen LogP contribution in [-0.2, 0) is 0 Å². The standard InChI is InChI=1S/C16H18N4/c1-16(2,3)19-15-10-18-14-9-17-13(11-20(14)15)12-7-5-4-6-8-12/h4-11,19H,1-3H3. The third-order valence-electron chi connectivity index (χ3n) is 2.97. The Morgan fingerprint density at radius 3 is 2.45 bits per heavy atom. The Morgan fingerprint density at radius 2 is 1.75 bits per heavy atom. The molecule has 3 aromatic rings. The number of imidazole rings is 1. The van der Waals surface area contributed by atoms with Gasteiger partial charge < -0.3 is 5.32 Å². The predicted molar refractivity (Wildman–Crippen MR) is 81.8 cm³/mol. The quantitative estimate of drug-likeness (QED) is 0.770. The van der Waals surface area contributed by atoms with Crippen LogP contribution < -0.4 is 5.32 Å². The molecule has 1 aromatic carbocycles. The van der Waals surface area contributed by atoms with E-state index in [4.69, 9.17) is 0 Å².